The van der Waals surface area contributed by atoms with E-state index in [0.717, 1.165) is 10.8 Å². The number of anilines is 2. The number of fused-ring (bicyclic) bond motifs is 1. The Labute approximate surface area is 131 Å². The lowest BCUT2D eigenvalue weighted by molar-refractivity contribution is -0.383. The summed E-state index contributed by atoms with van der Waals surface area (Å²) in [5.41, 5.74) is 0.634. The maximum absolute atomic E-state index is 12.2. The molecule has 2 N–H and O–H groups in total. The Morgan fingerprint density at radius 1 is 0.826 bits per heavy atom. The smallest absolute Gasteiger partial charge is 0.307 e. The van der Waals surface area contributed by atoms with Gasteiger partial charge in [-0.2, -0.15) is 0 Å². The van der Waals surface area contributed by atoms with Crippen molar-refractivity contribution in [2.24, 2.45) is 0 Å². The van der Waals surface area contributed by atoms with Crippen LogP contribution >= 0.6 is 0 Å². The van der Waals surface area contributed by atoms with E-state index in [2.05, 4.69) is 10.6 Å². The lowest BCUT2D eigenvalue weighted by atomic mass is 10.1. The number of hydrogen-bond acceptors (Lipinski definition) is 3. The summed E-state index contributed by atoms with van der Waals surface area (Å²) < 4.78 is 0. The van der Waals surface area contributed by atoms with E-state index >= 15 is 0 Å². The molecular formula is C17H13N3O3. The summed E-state index contributed by atoms with van der Waals surface area (Å²) in [6.45, 7) is 0. The molecule has 0 saturated carbocycles. The molecule has 0 saturated heterocycles. The minimum absolute atomic E-state index is 0.148. The van der Waals surface area contributed by atoms with Crippen molar-refractivity contribution in [1.82, 2.24) is 0 Å². The Kier molecular flexibility index (Phi) is 3.88. The fraction of sp³-hybridized carbons (Fsp3) is 0. The molecule has 23 heavy (non-hydrogen) atoms. The summed E-state index contributed by atoms with van der Waals surface area (Å²) in [7, 11) is 0. The van der Waals surface area contributed by atoms with Gasteiger partial charge in [0.1, 0.15) is 5.69 Å². The zero-order chi connectivity index (χ0) is 16.2. The predicted molar refractivity (Wildman–Crippen MR) is 89.7 cm³/mol. The van der Waals surface area contributed by atoms with E-state index in [-0.39, 0.29) is 11.4 Å². The number of urea groups is 1. The van der Waals surface area contributed by atoms with Crippen LogP contribution in [0.1, 0.15) is 0 Å². The van der Waals surface area contributed by atoms with Gasteiger partial charge in [0.2, 0.25) is 0 Å². The monoisotopic (exact) mass is 307 g/mol. The second kappa shape index (κ2) is 6.15. The molecule has 114 valence electrons. The minimum Gasteiger partial charge on any atom is -0.307 e. The van der Waals surface area contributed by atoms with Gasteiger partial charge in [0.15, 0.2) is 0 Å². The summed E-state index contributed by atoms with van der Waals surface area (Å²) in [5, 5.41) is 18.1. The number of para-hydroxylation sites is 2. The van der Waals surface area contributed by atoms with Gasteiger partial charge in [0.05, 0.1) is 10.6 Å². The van der Waals surface area contributed by atoms with Gasteiger partial charge in [-0.3, -0.25) is 10.1 Å². The van der Waals surface area contributed by atoms with Crippen LogP contribution in [0.5, 0.6) is 0 Å². The highest BCUT2D eigenvalue weighted by Gasteiger charge is 2.15. The number of carbonyl (C=O) groups excluding carboxylic acids is 1. The highest BCUT2D eigenvalue weighted by molar-refractivity contribution is 6.06. The topological polar surface area (TPSA) is 84.3 Å². The molecule has 0 fully saturated rings. The molecule has 0 unspecified atom stereocenters. The number of rotatable bonds is 3. The van der Waals surface area contributed by atoms with Crippen molar-refractivity contribution in [3.05, 3.63) is 76.8 Å². The third-order valence-electron chi connectivity index (χ3n) is 3.39. The van der Waals surface area contributed by atoms with E-state index in [1.54, 1.807) is 18.2 Å². The molecule has 0 heterocycles. The molecule has 0 atom stereocenters. The average molecular weight is 307 g/mol. The van der Waals surface area contributed by atoms with Gasteiger partial charge >= 0.3 is 6.03 Å². The summed E-state index contributed by atoms with van der Waals surface area (Å²) in [5.74, 6) is 0. The second-order valence-corrected chi connectivity index (χ2v) is 4.88. The Bertz CT molecular complexity index is 888. The largest absolute Gasteiger partial charge is 0.323 e. The Hall–Kier alpha value is -3.41. The first-order chi connectivity index (χ1) is 11.1. The maximum atomic E-state index is 12.2. The van der Waals surface area contributed by atoms with E-state index in [4.69, 9.17) is 0 Å². The predicted octanol–water partition coefficient (Wildman–Crippen LogP) is 4.39. The van der Waals surface area contributed by atoms with Gasteiger partial charge in [-0.25, -0.2) is 4.79 Å². The highest BCUT2D eigenvalue weighted by Crippen LogP contribution is 2.25. The van der Waals surface area contributed by atoms with Gasteiger partial charge in [-0.05, 0) is 17.5 Å². The van der Waals surface area contributed by atoms with Crippen LogP contribution in [-0.2, 0) is 0 Å². The number of nitro benzene ring substituents is 1. The molecule has 0 bridgehead atoms. The highest BCUT2D eigenvalue weighted by atomic mass is 16.6. The number of carbonyl (C=O) groups is 1. The number of nitro groups is 1. The van der Waals surface area contributed by atoms with Crippen LogP contribution in [0.25, 0.3) is 10.8 Å². The number of nitrogens with zero attached hydrogens (tertiary/aromatic N) is 1. The standard InChI is InChI=1S/C17H13N3O3/c21-17(19-15-9-3-4-11-16(15)20(22)23)18-14-10-5-7-12-6-1-2-8-13(12)14/h1-11H,(H2,18,19,21). The van der Waals surface area contributed by atoms with Crippen LogP contribution in [0.15, 0.2) is 66.7 Å². The van der Waals surface area contributed by atoms with Crippen LogP contribution in [0.2, 0.25) is 0 Å². The molecule has 6 nitrogen and oxygen atoms in total. The molecule has 0 radical (unpaired) electrons. The first-order valence-corrected chi connectivity index (χ1v) is 6.94. The van der Waals surface area contributed by atoms with Crippen molar-refractivity contribution in [1.29, 1.82) is 0 Å². The molecule has 0 aliphatic heterocycles. The number of benzene rings is 3. The molecular weight excluding hydrogens is 294 g/mol. The van der Waals surface area contributed by atoms with Crippen LogP contribution < -0.4 is 10.6 Å². The number of nitrogens with one attached hydrogen (secondary N) is 2. The van der Waals surface area contributed by atoms with Gasteiger partial charge < -0.3 is 10.6 Å². The van der Waals surface area contributed by atoms with Gasteiger partial charge in [0.25, 0.3) is 5.69 Å². The van der Waals surface area contributed by atoms with E-state index < -0.39 is 11.0 Å². The lowest BCUT2D eigenvalue weighted by Crippen LogP contribution is -2.20. The van der Waals surface area contributed by atoms with Crippen molar-refractivity contribution < 1.29 is 9.72 Å². The van der Waals surface area contributed by atoms with E-state index in [1.807, 2.05) is 36.4 Å². The van der Waals surface area contributed by atoms with Crippen LogP contribution in [0, 0.1) is 10.1 Å². The SMILES string of the molecule is O=C(Nc1ccccc1[N+](=O)[O-])Nc1cccc2ccccc12. The summed E-state index contributed by atoms with van der Waals surface area (Å²) in [6.07, 6.45) is 0. The van der Waals surface area contributed by atoms with E-state index in [9.17, 15) is 14.9 Å². The molecule has 0 aromatic heterocycles. The zero-order valence-corrected chi connectivity index (χ0v) is 12.0. The molecule has 3 rings (SSSR count). The fourth-order valence-corrected chi connectivity index (χ4v) is 2.35. The van der Waals surface area contributed by atoms with Crippen molar-refractivity contribution in [2.45, 2.75) is 0 Å². The molecule has 6 heteroatoms. The van der Waals surface area contributed by atoms with E-state index in [1.165, 1.54) is 12.1 Å². The molecule has 3 aromatic rings. The molecule has 0 aliphatic rings. The summed E-state index contributed by atoms with van der Waals surface area (Å²) in [4.78, 5) is 22.6. The molecule has 0 aliphatic carbocycles. The second-order valence-electron chi connectivity index (χ2n) is 4.88. The maximum Gasteiger partial charge on any atom is 0.323 e. The fourth-order valence-electron chi connectivity index (χ4n) is 2.35. The first-order valence-electron chi connectivity index (χ1n) is 6.94. The van der Waals surface area contributed by atoms with Crippen molar-refractivity contribution in [2.75, 3.05) is 10.6 Å². The van der Waals surface area contributed by atoms with Crippen LogP contribution in [0.4, 0.5) is 21.9 Å². The Balaban J connectivity index is 1.84. The lowest BCUT2D eigenvalue weighted by Gasteiger charge is -2.10. The minimum atomic E-state index is -0.534. The third kappa shape index (κ3) is 3.11. The quantitative estimate of drug-likeness (QED) is 0.556. The van der Waals surface area contributed by atoms with Crippen molar-refractivity contribution in [3.8, 4) is 0 Å². The van der Waals surface area contributed by atoms with Crippen LogP contribution in [0.3, 0.4) is 0 Å². The van der Waals surface area contributed by atoms with Crippen molar-refractivity contribution >= 4 is 33.9 Å². The summed E-state index contributed by atoms with van der Waals surface area (Å²) >= 11 is 0. The van der Waals surface area contributed by atoms with Gasteiger partial charge in [-0.1, -0.05) is 48.5 Å². The number of amides is 2. The Morgan fingerprint density at radius 2 is 1.43 bits per heavy atom. The number of hydrogen-bond donors (Lipinski definition) is 2. The van der Waals surface area contributed by atoms with Gasteiger partial charge in [0, 0.05) is 11.5 Å². The molecule has 0 spiro atoms. The normalized spacial score (nSPS) is 10.3. The van der Waals surface area contributed by atoms with Crippen molar-refractivity contribution in [3.63, 3.8) is 0 Å². The zero-order valence-electron chi connectivity index (χ0n) is 12.0. The molecule has 2 amide bonds. The first kappa shape index (κ1) is 14.5. The van der Waals surface area contributed by atoms with E-state index in [0.29, 0.717) is 5.69 Å². The van der Waals surface area contributed by atoms with Gasteiger partial charge in [-0.15, -0.1) is 0 Å². The molecule has 3 aromatic carbocycles. The van der Waals surface area contributed by atoms with Crippen LogP contribution in [-0.4, -0.2) is 11.0 Å². The Morgan fingerprint density at radius 3 is 2.26 bits per heavy atom. The third-order valence-corrected chi connectivity index (χ3v) is 3.39. The average Bonchev–Trinajstić information content (AvgIpc) is 2.55. The summed E-state index contributed by atoms with van der Waals surface area (Å²) in [6, 6.07) is 18.7.